The minimum Gasteiger partial charge on any atom is -0.490 e. The fourth-order valence-electron chi connectivity index (χ4n) is 12.0. The van der Waals surface area contributed by atoms with Crippen molar-refractivity contribution in [1.82, 2.24) is 41.0 Å². The zero-order valence-corrected chi connectivity index (χ0v) is 51.0. The lowest BCUT2D eigenvalue weighted by atomic mass is 9.85. The van der Waals surface area contributed by atoms with Crippen molar-refractivity contribution in [3.8, 4) is 16.2 Å². The highest BCUT2D eigenvalue weighted by atomic mass is 35.5. The number of H-pyrrole nitrogens is 1. The maximum Gasteiger partial charge on any atom is 0.396 e. The predicted molar refractivity (Wildman–Crippen MR) is 322 cm³/mol. The number of ether oxygens (including phenoxy) is 1. The Balaban J connectivity index is 0.769. The molecular formula is C61H75ClN9O13PS. The lowest BCUT2D eigenvalue weighted by Gasteiger charge is -2.35. The van der Waals surface area contributed by atoms with Gasteiger partial charge in [-0.3, -0.25) is 42.9 Å². The number of amides is 7. The van der Waals surface area contributed by atoms with Gasteiger partial charge in [-0.1, -0.05) is 81.6 Å². The van der Waals surface area contributed by atoms with Crippen LogP contribution in [0.3, 0.4) is 0 Å². The van der Waals surface area contributed by atoms with Crippen molar-refractivity contribution >= 4 is 88.3 Å². The fourth-order valence-corrected chi connectivity index (χ4v) is 13.5. The summed E-state index contributed by atoms with van der Waals surface area (Å²) in [5.74, 6) is -2.94. The van der Waals surface area contributed by atoms with Crippen LogP contribution < -0.4 is 31.7 Å². The van der Waals surface area contributed by atoms with E-state index in [9.17, 15) is 57.8 Å². The van der Waals surface area contributed by atoms with Crippen molar-refractivity contribution in [2.45, 2.75) is 172 Å². The Hall–Kier alpha value is -7.01. The van der Waals surface area contributed by atoms with Gasteiger partial charge >= 0.3 is 7.60 Å². The Bertz CT molecular complexity index is 3450. The monoisotopic (exact) mass is 1240 g/mol. The second-order valence-electron chi connectivity index (χ2n) is 24.3. The molecule has 2 aromatic heterocycles. The van der Waals surface area contributed by atoms with Gasteiger partial charge in [0.25, 0.3) is 11.4 Å². The van der Waals surface area contributed by atoms with E-state index in [0.29, 0.717) is 73.0 Å². The van der Waals surface area contributed by atoms with Gasteiger partial charge in [-0.25, -0.2) is 4.98 Å². The number of rotatable bonds is 23. The second-order valence-corrected chi connectivity index (χ2v) is 27.0. The minimum atomic E-state index is -5.05. The molecule has 9 rings (SSSR count). The fraction of sp³-hybridized carbons (Fsp3) is 0.492. The van der Waals surface area contributed by atoms with E-state index in [1.807, 2.05) is 63.5 Å². The Morgan fingerprint density at radius 1 is 0.930 bits per heavy atom. The number of β-amino-alcohol motifs (C(OH)–C–C–N with tert-alkyl or cyclic N) is 1. The molecule has 4 aliphatic rings. The van der Waals surface area contributed by atoms with E-state index in [4.69, 9.17) is 22.1 Å². The molecule has 7 amide bonds. The Kier molecular flexibility index (Phi) is 19.6. The van der Waals surface area contributed by atoms with Gasteiger partial charge in [0, 0.05) is 48.3 Å². The summed E-state index contributed by atoms with van der Waals surface area (Å²) in [6.45, 7) is 7.33. The summed E-state index contributed by atoms with van der Waals surface area (Å²) in [7, 11) is -5.05. The first-order chi connectivity index (χ1) is 40.8. The highest BCUT2D eigenvalue weighted by molar-refractivity contribution is 7.70. The highest BCUT2D eigenvalue weighted by Gasteiger charge is 2.51. The van der Waals surface area contributed by atoms with Gasteiger partial charge in [0.2, 0.25) is 35.4 Å². The van der Waals surface area contributed by atoms with Gasteiger partial charge in [0.1, 0.15) is 42.2 Å². The number of hydrogen-bond acceptors (Lipinski definition) is 13. The minimum absolute atomic E-state index is 0.0457. The van der Waals surface area contributed by atoms with Gasteiger partial charge in [-0.05, 0) is 124 Å². The number of nitrogens with two attached hydrogens (primary N) is 1. The Labute approximate surface area is 507 Å². The number of nitrogens with one attached hydrogen (secondary N) is 5. The Morgan fingerprint density at radius 2 is 1.67 bits per heavy atom. The molecule has 25 heteroatoms. The smallest absolute Gasteiger partial charge is 0.396 e. The molecule has 4 fully saturated rings. The lowest BCUT2D eigenvalue weighted by molar-refractivity contribution is -0.144. The maximum atomic E-state index is 14.4. The van der Waals surface area contributed by atoms with Gasteiger partial charge in [0.05, 0.1) is 38.8 Å². The Morgan fingerprint density at radius 3 is 2.36 bits per heavy atom. The highest BCUT2D eigenvalue weighted by Crippen LogP contribution is 2.47. The number of primary amides is 1. The number of aliphatic hydroxyl groups excluding tert-OH is 1. The number of fused-ring (bicyclic) bond motifs is 2. The third-order valence-electron chi connectivity index (χ3n) is 16.8. The van der Waals surface area contributed by atoms with Crippen LogP contribution in [0, 0.1) is 12.3 Å². The first-order valence-electron chi connectivity index (χ1n) is 29.3. The van der Waals surface area contributed by atoms with Gasteiger partial charge in [-0.2, -0.15) is 0 Å². The summed E-state index contributed by atoms with van der Waals surface area (Å²) < 4.78 is 17.8. The topological polar surface area (TPSA) is 333 Å². The lowest BCUT2D eigenvalue weighted by Crippen LogP contribution is -2.58. The SMILES string of the molecule is Cc1ncsc1-c1ccc(C2(NC(=O)[C@@H]3C[C@@H](O)CN3C(=O)[C@@H](NC(=O)CCCCc3cccc(OC[C@H](CCC(N)=O)NC(=O)[C@@H]4CC[C@@H]5CCCC[C@H](NC(=O)c6cc7cc(C(=O)P(=O)(O)O)ccc7[nH]6)C(=O)N54)c3Cl)C(C)(C)C)CC2)cc1. The number of aryl methyl sites for hydroxylation is 2. The zero-order chi connectivity index (χ0) is 61.8. The number of carbonyl (C=O) groups is 8. The third-order valence-corrected chi connectivity index (χ3v) is 19.0. The molecule has 22 nitrogen and oxygen atoms in total. The average molecular weight is 1240 g/mol. The number of halogens is 1. The molecule has 7 atom stereocenters. The van der Waals surface area contributed by atoms with Crippen molar-refractivity contribution in [1.29, 1.82) is 0 Å². The summed E-state index contributed by atoms with van der Waals surface area (Å²) in [6, 6.07) is 13.9. The van der Waals surface area contributed by atoms with Crippen LogP contribution in [0.1, 0.15) is 148 Å². The van der Waals surface area contributed by atoms with Gasteiger partial charge in [-0.15, -0.1) is 11.3 Å². The molecule has 0 bridgehead atoms. The largest absolute Gasteiger partial charge is 0.490 e. The second kappa shape index (κ2) is 26.5. The zero-order valence-electron chi connectivity index (χ0n) is 48.6. The number of hydrogen-bond donors (Lipinski definition) is 9. The van der Waals surface area contributed by atoms with E-state index < -0.39 is 89.9 Å². The summed E-state index contributed by atoms with van der Waals surface area (Å²) in [5.41, 5.74) is 8.63. The molecule has 3 saturated heterocycles. The first-order valence-corrected chi connectivity index (χ1v) is 32.1. The molecule has 0 radical (unpaired) electrons. The maximum absolute atomic E-state index is 14.4. The number of aliphatic hydroxyl groups is 1. The van der Waals surface area contributed by atoms with E-state index in [-0.39, 0.29) is 67.9 Å². The molecule has 10 N–H and O–H groups in total. The van der Waals surface area contributed by atoms with Crippen molar-refractivity contribution in [2.75, 3.05) is 13.2 Å². The van der Waals surface area contributed by atoms with E-state index in [1.54, 1.807) is 28.4 Å². The summed E-state index contributed by atoms with van der Waals surface area (Å²) in [4.78, 5) is 139. The first kappa shape index (κ1) is 63.5. The number of aromatic nitrogens is 2. The van der Waals surface area contributed by atoms with Crippen LogP contribution in [-0.4, -0.2) is 137 Å². The number of benzene rings is 3. The molecule has 1 aliphatic carbocycles. The van der Waals surface area contributed by atoms with E-state index in [2.05, 4.69) is 31.2 Å². The molecule has 460 valence electrons. The molecule has 5 aromatic rings. The molecule has 1 saturated carbocycles. The van der Waals surface area contributed by atoms with E-state index >= 15 is 0 Å². The number of nitrogens with zero attached hydrogens (tertiary/aromatic N) is 3. The van der Waals surface area contributed by atoms with Gasteiger partial charge in [0.15, 0.2) is 0 Å². The quantitative estimate of drug-likeness (QED) is 0.0251. The van der Waals surface area contributed by atoms with Crippen LogP contribution in [-0.2, 0) is 45.3 Å². The average Bonchev–Trinajstić information content (AvgIpc) is 1.80. The predicted octanol–water partition coefficient (Wildman–Crippen LogP) is 6.44. The normalized spacial score (nSPS) is 20.9. The summed E-state index contributed by atoms with van der Waals surface area (Å²) in [6.07, 6.45) is 5.45. The number of likely N-dealkylation sites (tertiary alicyclic amines) is 1. The number of carbonyl (C=O) groups excluding carboxylic acids is 8. The van der Waals surface area contributed by atoms with Crippen LogP contribution in [0.2, 0.25) is 5.02 Å². The van der Waals surface area contributed by atoms with Crippen molar-refractivity contribution < 1.29 is 62.6 Å². The standard InChI is InChI=1S/C61H75ClN9O13PS/c1-34-52(86-33-64-34)36-16-19-39(20-17-36)61(26-27-61)69-56(77)47-30-42(72)31-70(47)58(79)53(60(2,3)4)68-50(74)15-8-5-10-35-11-9-14-48(51(35)62)84-32-40(21-25-49(63)73)65-55(76)46-24-22-41-12-6-7-13-44(57(78)71(41)46)67-54(75)45-29-38-28-37(18-23-43(38)66-45)59(80)85(81,82)83/h9,11,14,16-20,23,28-29,33,40-42,44,46-47,53,66,72H,5-8,10,12-13,15,21-22,24-27,30-32H2,1-4H3,(H2,63,73)(H,65,76)(H,67,75)(H,68,74)(H,69,77)(H2,81,82,83)/t40-,41-,42+,44-,46-,47-,53+/m0/s1. The van der Waals surface area contributed by atoms with E-state index in [0.717, 1.165) is 46.5 Å². The molecule has 5 heterocycles. The summed E-state index contributed by atoms with van der Waals surface area (Å²) in [5, 5.41) is 23.5. The molecule has 0 spiro atoms. The molecule has 86 heavy (non-hydrogen) atoms. The molecule has 3 aromatic carbocycles. The van der Waals surface area contributed by atoms with Crippen LogP contribution >= 0.6 is 30.5 Å². The van der Waals surface area contributed by atoms with Crippen molar-refractivity contribution in [3.05, 3.63) is 105 Å². The van der Waals surface area contributed by atoms with Crippen LogP contribution in [0.25, 0.3) is 21.3 Å². The number of thiazole rings is 1. The van der Waals surface area contributed by atoms with Crippen LogP contribution in [0.5, 0.6) is 5.75 Å². The molecular weight excluding hydrogens is 1170 g/mol. The number of aromatic amines is 1. The number of unbranched alkanes of at least 4 members (excludes halogenated alkanes) is 1. The third kappa shape index (κ3) is 14.9. The molecule has 0 unspecified atom stereocenters. The van der Waals surface area contributed by atoms with Crippen molar-refractivity contribution in [2.24, 2.45) is 11.1 Å². The van der Waals surface area contributed by atoms with Crippen LogP contribution in [0.4, 0.5) is 0 Å². The molecule has 3 aliphatic heterocycles. The van der Waals surface area contributed by atoms with Gasteiger partial charge < -0.3 is 61.4 Å². The van der Waals surface area contributed by atoms with Crippen LogP contribution in [0.15, 0.2) is 72.2 Å². The van der Waals surface area contributed by atoms with Crippen molar-refractivity contribution in [3.63, 3.8) is 0 Å². The summed E-state index contributed by atoms with van der Waals surface area (Å²) >= 11 is 8.49. The van der Waals surface area contributed by atoms with E-state index in [1.165, 1.54) is 29.2 Å².